The van der Waals surface area contributed by atoms with Crippen molar-refractivity contribution in [3.8, 4) is 0 Å². The quantitative estimate of drug-likeness (QED) is 0.523. The second-order valence-electron chi connectivity index (χ2n) is 3.64. The maximum absolute atomic E-state index is 5.24. The van der Waals surface area contributed by atoms with Crippen molar-refractivity contribution >= 4 is 11.8 Å². The molecule has 2 heterocycles. The third kappa shape index (κ3) is 2.51. The lowest BCUT2D eigenvalue weighted by Gasteiger charge is -2.06. The molecule has 2 aromatic heterocycles. The Hall–Kier alpha value is -2.15. The van der Waals surface area contributed by atoms with Gasteiger partial charge in [0.2, 0.25) is 5.95 Å². The molecule has 2 rings (SSSR count). The number of hydrogen-bond donors (Lipinski definition) is 3. The van der Waals surface area contributed by atoms with Gasteiger partial charge in [0, 0.05) is 31.0 Å². The van der Waals surface area contributed by atoms with Gasteiger partial charge in [0.25, 0.3) is 0 Å². The summed E-state index contributed by atoms with van der Waals surface area (Å²) < 4.78 is 1.84. The molecule has 0 spiro atoms. The molecule has 7 nitrogen and oxygen atoms in total. The second kappa shape index (κ2) is 4.79. The minimum Gasteiger partial charge on any atom is -0.366 e. The van der Waals surface area contributed by atoms with Crippen LogP contribution in [0.25, 0.3) is 0 Å². The minimum atomic E-state index is 0.387. The first-order valence-corrected chi connectivity index (χ1v) is 5.21. The van der Waals surface area contributed by atoms with Crippen molar-refractivity contribution < 1.29 is 0 Å². The Morgan fingerprint density at radius 3 is 2.94 bits per heavy atom. The highest BCUT2D eigenvalue weighted by Gasteiger charge is 2.03. The highest BCUT2D eigenvalue weighted by atomic mass is 15.3. The zero-order valence-electron chi connectivity index (χ0n) is 9.81. The Balaban J connectivity index is 2.04. The maximum atomic E-state index is 5.24. The van der Waals surface area contributed by atoms with Gasteiger partial charge in [-0.25, -0.2) is 10.8 Å². The van der Waals surface area contributed by atoms with E-state index in [4.69, 9.17) is 5.84 Å². The zero-order chi connectivity index (χ0) is 12.3. The molecule has 0 fully saturated rings. The largest absolute Gasteiger partial charge is 0.366 e. The molecule has 0 aliphatic rings. The van der Waals surface area contributed by atoms with Crippen LogP contribution in [0.2, 0.25) is 0 Å². The van der Waals surface area contributed by atoms with Gasteiger partial charge in [0.05, 0.1) is 6.20 Å². The number of anilines is 2. The molecule has 0 radical (unpaired) electrons. The molecule has 4 N–H and O–H groups in total. The molecule has 0 atom stereocenters. The van der Waals surface area contributed by atoms with E-state index in [-0.39, 0.29) is 0 Å². The van der Waals surface area contributed by atoms with E-state index in [1.165, 1.54) is 0 Å². The van der Waals surface area contributed by atoms with Crippen LogP contribution >= 0.6 is 0 Å². The first kappa shape index (κ1) is 11.3. The van der Waals surface area contributed by atoms with Crippen LogP contribution in [-0.4, -0.2) is 19.7 Å². The summed E-state index contributed by atoms with van der Waals surface area (Å²) in [5, 5.41) is 7.36. The fourth-order valence-corrected chi connectivity index (χ4v) is 1.43. The van der Waals surface area contributed by atoms with Gasteiger partial charge in [-0.1, -0.05) is 0 Å². The average Bonchev–Trinajstić information content (AvgIpc) is 2.68. The number of nitrogen functional groups attached to an aromatic ring is 1. The molecular weight excluding hydrogens is 218 g/mol. The Morgan fingerprint density at radius 1 is 1.47 bits per heavy atom. The molecule has 7 heteroatoms. The van der Waals surface area contributed by atoms with Gasteiger partial charge in [0.15, 0.2) is 0 Å². The average molecular weight is 233 g/mol. The van der Waals surface area contributed by atoms with Gasteiger partial charge in [-0.15, -0.1) is 0 Å². The summed E-state index contributed by atoms with van der Waals surface area (Å²) in [7, 11) is 1.92. The molecule has 0 saturated carbocycles. The Labute approximate surface area is 99.0 Å². The molecule has 0 aromatic carbocycles. The van der Waals surface area contributed by atoms with Gasteiger partial charge < -0.3 is 5.32 Å². The normalized spacial score (nSPS) is 10.3. The van der Waals surface area contributed by atoms with E-state index in [0.717, 1.165) is 17.1 Å². The standard InChI is InChI=1S/C10H15N7/c1-7-8(6-14-17(7)2)5-13-9-3-4-12-10(15-9)16-11/h3-4,6H,5,11H2,1-2H3,(H2,12,13,15,16). The van der Waals surface area contributed by atoms with E-state index in [0.29, 0.717) is 12.5 Å². The van der Waals surface area contributed by atoms with Crippen LogP contribution < -0.4 is 16.6 Å². The minimum absolute atomic E-state index is 0.387. The molecule has 0 bridgehead atoms. The van der Waals surface area contributed by atoms with Crippen molar-refractivity contribution in [1.29, 1.82) is 0 Å². The van der Waals surface area contributed by atoms with Gasteiger partial charge in [-0.05, 0) is 13.0 Å². The van der Waals surface area contributed by atoms with Crippen LogP contribution in [0.15, 0.2) is 18.5 Å². The number of nitrogens with zero attached hydrogens (tertiary/aromatic N) is 4. The lowest BCUT2D eigenvalue weighted by atomic mass is 10.2. The molecule has 2 aromatic rings. The molecule has 0 saturated heterocycles. The first-order chi connectivity index (χ1) is 8.20. The molecule has 0 aliphatic heterocycles. The number of nitrogens with two attached hydrogens (primary N) is 1. The fraction of sp³-hybridized carbons (Fsp3) is 0.300. The third-order valence-corrected chi connectivity index (χ3v) is 2.58. The highest BCUT2D eigenvalue weighted by molar-refractivity contribution is 5.39. The van der Waals surface area contributed by atoms with E-state index in [1.807, 2.05) is 24.9 Å². The van der Waals surface area contributed by atoms with Gasteiger partial charge in [0.1, 0.15) is 5.82 Å². The first-order valence-electron chi connectivity index (χ1n) is 5.21. The number of hydrogen-bond acceptors (Lipinski definition) is 6. The lowest BCUT2D eigenvalue weighted by Crippen LogP contribution is -2.11. The Morgan fingerprint density at radius 2 is 2.29 bits per heavy atom. The monoisotopic (exact) mass is 233 g/mol. The van der Waals surface area contributed by atoms with Crippen molar-refractivity contribution in [1.82, 2.24) is 19.7 Å². The van der Waals surface area contributed by atoms with E-state index in [9.17, 15) is 0 Å². The Bertz CT molecular complexity index is 505. The smallest absolute Gasteiger partial charge is 0.239 e. The number of nitrogens with one attached hydrogen (secondary N) is 2. The number of aromatic nitrogens is 4. The molecule has 0 unspecified atom stereocenters. The van der Waals surface area contributed by atoms with Crippen LogP contribution in [-0.2, 0) is 13.6 Å². The van der Waals surface area contributed by atoms with E-state index in [1.54, 1.807) is 12.3 Å². The second-order valence-corrected chi connectivity index (χ2v) is 3.64. The van der Waals surface area contributed by atoms with Gasteiger partial charge in [-0.3, -0.25) is 10.1 Å². The lowest BCUT2D eigenvalue weighted by molar-refractivity contribution is 0.738. The van der Waals surface area contributed by atoms with Gasteiger partial charge in [-0.2, -0.15) is 10.1 Å². The van der Waals surface area contributed by atoms with Crippen LogP contribution in [0.4, 0.5) is 11.8 Å². The van der Waals surface area contributed by atoms with Crippen molar-refractivity contribution in [3.05, 3.63) is 29.7 Å². The fourth-order valence-electron chi connectivity index (χ4n) is 1.43. The summed E-state index contributed by atoms with van der Waals surface area (Å²) in [6, 6.07) is 1.78. The van der Waals surface area contributed by atoms with Crippen molar-refractivity contribution in [2.24, 2.45) is 12.9 Å². The molecule has 0 amide bonds. The number of hydrazine groups is 1. The molecule has 0 aliphatic carbocycles. The van der Waals surface area contributed by atoms with Crippen LogP contribution in [0.3, 0.4) is 0 Å². The summed E-state index contributed by atoms with van der Waals surface area (Å²) in [6.45, 7) is 2.69. The summed E-state index contributed by atoms with van der Waals surface area (Å²) in [4.78, 5) is 8.09. The third-order valence-electron chi connectivity index (χ3n) is 2.58. The molecule has 90 valence electrons. The highest BCUT2D eigenvalue weighted by Crippen LogP contribution is 2.10. The topological polar surface area (TPSA) is 93.7 Å². The maximum Gasteiger partial charge on any atom is 0.239 e. The molecule has 17 heavy (non-hydrogen) atoms. The van der Waals surface area contributed by atoms with Crippen LogP contribution in [0.5, 0.6) is 0 Å². The van der Waals surface area contributed by atoms with Gasteiger partial charge >= 0.3 is 0 Å². The summed E-state index contributed by atoms with van der Waals surface area (Å²) >= 11 is 0. The summed E-state index contributed by atoms with van der Waals surface area (Å²) in [6.07, 6.45) is 3.48. The number of rotatable bonds is 4. The van der Waals surface area contributed by atoms with E-state index < -0.39 is 0 Å². The zero-order valence-corrected chi connectivity index (χ0v) is 9.81. The summed E-state index contributed by atoms with van der Waals surface area (Å²) in [5.41, 5.74) is 4.66. The molecular formula is C10H15N7. The van der Waals surface area contributed by atoms with Crippen LogP contribution in [0, 0.1) is 6.92 Å². The predicted molar refractivity (Wildman–Crippen MR) is 65.1 cm³/mol. The van der Waals surface area contributed by atoms with Crippen molar-refractivity contribution in [3.63, 3.8) is 0 Å². The van der Waals surface area contributed by atoms with E-state index in [2.05, 4.69) is 25.8 Å². The summed E-state index contributed by atoms with van der Waals surface area (Å²) in [5.74, 6) is 6.34. The Kier molecular flexibility index (Phi) is 3.20. The van der Waals surface area contributed by atoms with Crippen molar-refractivity contribution in [2.75, 3.05) is 10.7 Å². The predicted octanol–water partition coefficient (Wildman–Crippen LogP) is 0.416. The number of aryl methyl sites for hydroxylation is 1. The van der Waals surface area contributed by atoms with Crippen molar-refractivity contribution in [2.45, 2.75) is 13.5 Å². The van der Waals surface area contributed by atoms with E-state index >= 15 is 0 Å². The SMILES string of the molecule is Cc1c(CNc2ccnc(NN)n2)cnn1C. The van der Waals surface area contributed by atoms with Crippen LogP contribution in [0.1, 0.15) is 11.3 Å².